The molecule has 3 N–H and O–H groups in total. The highest BCUT2D eigenvalue weighted by molar-refractivity contribution is 7.88. The van der Waals surface area contributed by atoms with Crippen LogP contribution in [0.4, 0.5) is 4.79 Å². The minimum Gasteiger partial charge on any atom is -0.334 e. The molecule has 24 heavy (non-hydrogen) atoms. The van der Waals surface area contributed by atoms with E-state index in [0.29, 0.717) is 18.7 Å². The van der Waals surface area contributed by atoms with Gasteiger partial charge < -0.3 is 10.6 Å². The van der Waals surface area contributed by atoms with Gasteiger partial charge in [0.05, 0.1) is 23.0 Å². The van der Waals surface area contributed by atoms with Crippen LogP contribution in [0.1, 0.15) is 21.8 Å². The van der Waals surface area contributed by atoms with Crippen LogP contribution in [0.25, 0.3) is 0 Å². The molecular formula is C15H20N4O3S2. The normalized spacial score (nSPS) is 11.2. The van der Waals surface area contributed by atoms with Crippen molar-refractivity contribution in [2.75, 3.05) is 7.05 Å². The van der Waals surface area contributed by atoms with Crippen molar-refractivity contribution >= 4 is 27.4 Å². The maximum atomic E-state index is 11.8. The summed E-state index contributed by atoms with van der Waals surface area (Å²) >= 11 is 1.54. The highest BCUT2D eigenvalue weighted by Crippen LogP contribution is 2.09. The molecule has 1 heterocycles. The number of amides is 2. The first-order valence-corrected chi connectivity index (χ1v) is 9.83. The van der Waals surface area contributed by atoms with Crippen LogP contribution in [0.2, 0.25) is 0 Å². The summed E-state index contributed by atoms with van der Waals surface area (Å²) in [5, 5.41) is 8.34. The average Bonchev–Trinajstić information content (AvgIpc) is 2.96. The zero-order valence-electron chi connectivity index (χ0n) is 13.5. The van der Waals surface area contributed by atoms with Crippen LogP contribution >= 0.6 is 11.3 Å². The average molecular weight is 368 g/mol. The van der Waals surface area contributed by atoms with E-state index in [-0.39, 0.29) is 11.8 Å². The predicted molar refractivity (Wildman–Crippen MR) is 94.1 cm³/mol. The minimum absolute atomic E-state index is 0.0906. The number of sulfonamides is 1. The third-order valence-electron chi connectivity index (χ3n) is 3.21. The Labute approximate surface area is 145 Å². The molecule has 0 saturated carbocycles. The molecule has 1 aromatic carbocycles. The molecule has 0 unspecified atom stereocenters. The molecule has 0 fully saturated rings. The van der Waals surface area contributed by atoms with Gasteiger partial charge in [-0.05, 0) is 25.1 Å². The number of carbonyl (C=O) groups excluding carboxylic acids is 1. The number of nitrogens with one attached hydrogen (secondary N) is 3. The lowest BCUT2D eigenvalue weighted by molar-refractivity contribution is 0.240. The van der Waals surface area contributed by atoms with Gasteiger partial charge in [0.25, 0.3) is 0 Å². The van der Waals surface area contributed by atoms with Gasteiger partial charge >= 0.3 is 6.03 Å². The number of aryl methyl sites for hydroxylation is 1. The quantitative estimate of drug-likeness (QED) is 0.689. The second kappa shape index (κ2) is 8.22. The standard InChI is InChI=1S/C15H20N4O3S2/c1-11-19-14(9-23-11)8-18-15(20)17-7-12-4-3-5-13(6-12)10-24(21,22)16-2/h3-6,9,16H,7-8,10H2,1-2H3,(H2,17,18,20). The van der Waals surface area contributed by atoms with Crippen molar-refractivity contribution in [1.82, 2.24) is 20.3 Å². The van der Waals surface area contributed by atoms with Crippen LogP contribution in [0.3, 0.4) is 0 Å². The number of aromatic nitrogens is 1. The number of hydrogen-bond donors (Lipinski definition) is 3. The summed E-state index contributed by atoms with van der Waals surface area (Å²) in [5.74, 6) is -0.0906. The lowest BCUT2D eigenvalue weighted by Gasteiger charge is -2.08. The molecule has 0 radical (unpaired) electrons. The molecule has 0 spiro atoms. The highest BCUT2D eigenvalue weighted by Gasteiger charge is 2.09. The van der Waals surface area contributed by atoms with E-state index in [1.54, 1.807) is 18.2 Å². The summed E-state index contributed by atoms with van der Waals surface area (Å²) in [6.07, 6.45) is 0. The minimum atomic E-state index is -3.31. The second-order valence-electron chi connectivity index (χ2n) is 5.18. The second-order valence-corrected chi connectivity index (χ2v) is 8.17. The van der Waals surface area contributed by atoms with E-state index in [1.807, 2.05) is 18.4 Å². The smallest absolute Gasteiger partial charge is 0.315 e. The Bertz CT molecular complexity index is 803. The van der Waals surface area contributed by atoms with Crippen LogP contribution < -0.4 is 15.4 Å². The molecular weight excluding hydrogens is 348 g/mol. The Morgan fingerprint density at radius 2 is 1.92 bits per heavy atom. The molecule has 0 atom stereocenters. The van der Waals surface area contributed by atoms with E-state index in [1.165, 1.54) is 18.4 Å². The van der Waals surface area contributed by atoms with Gasteiger partial charge in [-0.3, -0.25) is 0 Å². The van der Waals surface area contributed by atoms with Gasteiger partial charge in [-0.1, -0.05) is 24.3 Å². The number of rotatable bonds is 7. The maximum absolute atomic E-state index is 11.8. The number of benzene rings is 1. The highest BCUT2D eigenvalue weighted by atomic mass is 32.2. The monoisotopic (exact) mass is 368 g/mol. The molecule has 0 aliphatic rings. The SMILES string of the molecule is CNS(=O)(=O)Cc1cccc(CNC(=O)NCc2csc(C)n2)c1. The molecule has 130 valence electrons. The van der Waals surface area contributed by atoms with Crippen LogP contribution in [-0.2, 0) is 28.9 Å². The van der Waals surface area contributed by atoms with E-state index in [0.717, 1.165) is 16.3 Å². The lowest BCUT2D eigenvalue weighted by atomic mass is 10.1. The molecule has 2 aromatic rings. The van der Waals surface area contributed by atoms with Gasteiger partial charge in [-0.15, -0.1) is 11.3 Å². The number of urea groups is 1. The fraction of sp³-hybridized carbons (Fsp3) is 0.333. The number of carbonyl (C=O) groups is 1. The van der Waals surface area contributed by atoms with Crippen molar-refractivity contribution in [2.45, 2.75) is 25.8 Å². The Morgan fingerprint density at radius 1 is 1.21 bits per heavy atom. The van der Waals surface area contributed by atoms with Gasteiger partial charge in [0.15, 0.2) is 0 Å². The fourth-order valence-electron chi connectivity index (χ4n) is 2.03. The molecule has 0 aliphatic carbocycles. The Hall–Kier alpha value is -1.97. The zero-order chi connectivity index (χ0) is 17.6. The van der Waals surface area contributed by atoms with E-state index in [9.17, 15) is 13.2 Å². The number of nitrogens with zero attached hydrogens (tertiary/aromatic N) is 1. The molecule has 2 rings (SSSR count). The number of hydrogen-bond acceptors (Lipinski definition) is 5. The lowest BCUT2D eigenvalue weighted by Crippen LogP contribution is -2.34. The first-order valence-electron chi connectivity index (χ1n) is 7.30. The summed E-state index contributed by atoms with van der Waals surface area (Å²) in [6.45, 7) is 2.60. The third-order valence-corrected chi connectivity index (χ3v) is 5.37. The summed E-state index contributed by atoms with van der Waals surface area (Å²) < 4.78 is 25.4. The van der Waals surface area contributed by atoms with Gasteiger partial charge in [0.1, 0.15) is 0 Å². The summed E-state index contributed by atoms with van der Waals surface area (Å²) in [6, 6.07) is 6.81. The van der Waals surface area contributed by atoms with Gasteiger partial charge in [0, 0.05) is 11.9 Å². The van der Waals surface area contributed by atoms with E-state index >= 15 is 0 Å². The van der Waals surface area contributed by atoms with Gasteiger partial charge in [-0.2, -0.15) is 0 Å². The Morgan fingerprint density at radius 3 is 2.58 bits per heavy atom. The van der Waals surface area contributed by atoms with Gasteiger partial charge in [0.2, 0.25) is 10.0 Å². The molecule has 1 aromatic heterocycles. The first-order chi connectivity index (χ1) is 11.4. The van der Waals surface area contributed by atoms with Crippen molar-refractivity contribution in [1.29, 1.82) is 0 Å². The van der Waals surface area contributed by atoms with Crippen molar-refractivity contribution in [3.63, 3.8) is 0 Å². The van der Waals surface area contributed by atoms with E-state index in [4.69, 9.17) is 0 Å². The maximum Gasteiger partial charge on any atom is 0.315 e. The zero-order valence-corrected chi connectivity index (χ0v) is 15.1. The van der Waals surface area contributed by atoms with Crippen molar-refractivity contribution in [3.05, 3.63) is 51.5 Å². The summed E-state index contributed by atoms with van der Waals surface area (Å²) in [7, 11) is -1.93. The molecule has 2 amide bonds. The summed E-state index contributed by atoms with van der Waals surface area (Å²) in [4.78, 5) is 16.1. The topological polar surface area (TPSA) is 100 Å². The van der Waals surface area contributed by atoms with Crippen molar-refractivity contribution in [3.8, 4) is 0 Å². The van der Waals surface area contributed by atoms with Crippen LogP contribution in [0, 0.1) is 6.92 Å². The molecule has 0 aliphatic heterocycles. The Balaban J connectivity index is 1.84. The largest absolute Gasteiger partial charge is 0.334 e. The molecule has 0 bridgehead atoms. The fourth-order valence-corrected chi connectivity index (χ4v) is 3.40. The Kier molecular flexibility index (Phi) is 6.29. The van der Waals surface area contributed by atoms with Crippen LogP contribution in [-0.4, -0.2) is 26.5 Å². The van der Waals surface area contributed by atoms with Gasteiger partial charge in [-0.25, -0.2) is 22.9 Å². The summed E-state index contributed by atoms with van der Waals surface area (Å²) in [5.41, 5.74) is 2.33. The van der Waals surface area contributed by atoms with Crippen molar-refractivity contribution < 1.29 is 13.2 Å². The van der Waals surface area contributed by atoms with E-state index < -0.39 is 10.0 Å². The molecule has 7 nitrogen and oxygen atoms in total. The number of thiazole rings is 1. The van der Waals surface area contributed by atoms with Crippen LogP contribution in [0.15, 0.2) is 29.6 Å². The third kappa shape index (κ3) is 5.91. The predicted octanol–water partition coefficient (Wildman–Crippen LogP) is 1.50. The first kappa shape index (κ1) is 18.4. The van der Waals surface area contributed by atoms with Crippen molar-refractivity contribution in [2.24, 2.45) is 0 Å². The molecule has 9 heteroatoms. The molecule has 0 saturated heterocycles. The van der Waals surface area contributed by atoms with E-state index in [2.05, 4.69) is 20.3 Å². The van der Waals surface area contributed by atoms with Crippen LogP contribution in [0.5, 0.6) is 0 Å².